The van der Waals surface area contributed by atoms with E-state index in [-0.39, 0.29) is 12.0 Å². The van der Waals surface area contributed by atoms with Gasteiger partial charge in [-0.05, 0) is 23.9 Å². The summed E-state index contributed by atoms with van der Waals surface area (Å²) in [4.78, 5) is 19.6. The number of hydrogen-bond acceptors (Lipinski definition) is 8. The second-order valence-electron chi connectivity index (χ2n) is 3.99. The summed E-state index contributed by atoms with van der Waals surface area (Å²) in [5.41, 5.74) is 7.29. The van der Waals surface area contributed by atoms with Gasteiger partial charge in [0.25, 0.3) is 0 Å². The fourth-order valence-corrected chi connectivity index (χ4v) is 2.46. The second kappa shape index (κ2) is 5.44. The van der Waals surface area contributed by atoms with Gasteiger partial charge in [-0.15, -0.1) is 0 Å². The van der Waals surface area contributed by atoms with Gasteiger partial charge >= 0.3 is 6.01 Å². The van der Waals surface area contributed by atoms with Crippen LogP contribution in [0.25, 0.3) is 11.0 Å². The second-order valence-corrected chi connectivity index (χ2v) is 4.95. The lowest BCUT2D eigenvalue weighted by atomic mass is 10.3. The maximum Gasteiger partial charge on any atom is 0.321 e. The van der Waals surface area contributed by atoms with Crippen molar-refractivity contribution in [3.8, 4) is 11.8 Å². The lowest BCUT2D eigenvalue weighted by molar-refractivity contribution is 0.374. The lowest BCUT2D eigenvalue weighted by Crippen LogP contribution is -2.01. The Morgan fingerprint density at radius 3 is 2.71 bits per heavy atom. The number of methoxy groups -OCH3 is 2. The van der Waals surface area contributed by atoms with Gasteiger partial charge in [0.15, 0.2) is 5.16 Å². The standard InChI is InChI=1S/C12H12N6O2S/c1-19-6-3-4-7-8(5-6)15-11(14-7)21-12-17-9(13)16-10(18-12)20-2/h3-5H,1-2H3,(H,14,15)(H2,13,16,17,18). The van der Waals surface area contributed by atoms with Crippen LogP contribution in [0.15, 0.2) is 28.5 Å². The van der Waals surface area contributed by atoms with Crippen LogP contribution in [0.4, 0.5) is 5.95 Å². The number of imidazole rings is 1. The molecule has 0 bridgehead atoms. The van der Waals surface area contributed by atoms with Crippen LogP contribution in [0.5, 0.6) is 11.8 Å². The Bertz CT molecular complexity index is 791. The molecule has 9 heteroatoms. The first kappa shape index (κ1) is 13.4. The van der Waals surface area contributed by atoms with Gasteiger partial charge in [-0.1, -0.05) is 0 Å². The highest BCUT2D eigenvalue weighted by Gasteiger charge is 2.10. The molecular weight excluding hydrogens is 292 g/mol. The summed E-state index contributed by atoms with van der Waals surface area (Å²) in [5, 5.41) is 1.05. The molecular formula is C12H12N6O2S. The average molecular weight is 304 g/mol. The first-order chi connectivity index (χ1) is 10.2. The first-order valence-electron chi connectivity index (χ1n) is 5.95. The van der Waals surface area contributed by atoms with E-state index in [2.05, 4.69) is 24.9 Å². The Hall–Kier alpha value is -2.55. The predicted molar refractivity (Wildman–Crippen MR) is 77.6 cm³/mol. The molecule has 0 saturated carbocycles. The van der Waals surface area contributed by atoms with Gasteiger partial charge in [-0.25, -0.2) is 4.98 Å². The number of fused-ring (bicyclic) bond motifs is 1. The summed E-state index contributed by atoms with van der Waals surface area (Å²) in [5.74, 6) is 0.857. The van der Waals surface area contributed by atoms with Crippen LogP contribution >= 0.6 is 11.8 Å². The van der Waals surface area contributed by atoms with Crippen LogP contribution in [0.2, 0.25) is 0 Å². The summed E-state index contributed by atoms with van der Waals surface area (Å²) in [6.45, 7) is 0. The maximum absolute atomic E-state index is 5.60. The van der Waals surface area contributed by atoms with Crippen LogP contribution in [0.3, 0.4) is 0 Å². The summed E-state index contributed by atoms with van der Waals surface area (Å²) >= 11 is 1.24. The van der Waals surface area contributed by atoms with Gasteiger partial charge < -0.3 is 20.2 Å². The van der Waals surface area contributed by atoms with Crippen molar-refractivity contribution < 1.29 is 9.47 Å². The van der Waals surface area contributed by atoms with E-state index in [1.165, 1.54) is 18.9 Å². The van der Waals surface area contributed by atoms with Gasteiger partial charge in [0.1, 0.15) is 5.75 Å². The molecule has 0 aliphatic rings. The van der Waals surface area contributed by atoms with Crippen molar-refractivity contribution >= 4 is 28.7 Å². The molecule has 8 nitrogen and oxygen atoms in total. The van der Waals surface area contributed by atoms with Crippen LogP contribution in [-0.2, 0) is 0 Å². The SMILES string of the molecule is COc1ccc2nc(Sc3nc(N)nc(OC)n3)[nH]c2c1. The normalized spacial score (nSPS) is 10.8. The molecule has 0 unspecified atom stereocenters. The largest absolute Gasteiger partial charge is 0.497 e. The number of rotatable bonds is 4. The summed E-state index contributed by atoms with van der Waals surface area (Å²) in [6, 6.07) is 5.76. The molecule has 0 aliphatic heterocycles. The highest BCUT2D eigenvalue weighted by molar-refractivity contribution is 7.99. The maximum atomic E-state index is 5.60. The minimum absolute atomic E-state index is 0.0992. The molecule has 0 radical (unpaired) electrons. The monoisotopic (exact) mass is 304 g/mol. The van der Waals surface area contributed by atoms with Gasteiger partial charge in [0, 0.05) is 6.07 Å². The molecule has 0 aliphatic carbocycles. The van der Waals surface area contributed by atoms with E-state index in [0.717, 1.165) is 16.8 Å². The number of aromatic nitrogens is 5. The zero-order valence-corrected chi connectivity index (χ0v) is 12.1. The molecule has 3 N–H and O–H groups in total. The van der Waals surface area contributed by atoms with Crippen LogP contribution in [-0.4, -0.2) is 39.1 Å². The van der Waals surface area contributed by atoms with E-state index in [0.29, 0.717) is 10.3 Å². The molecule has 3 rings (SSSR count). The van der Waals surface area contributed by atoms with Gasteiger partial charge in [-0.2, -0.15) is 15.0 Å². The highest BCUT2D eigenvalue weighted by atomic mass is 32.2. The zero-order chi connectivity index (χ0) is 14.8. The molecule has 3 aromatic rings. The quantitative estimate of drug-likeness (QED) is 0.745. The molecule has 1 aromatic carbocycles. The minimum atomic E-state index is 0.0992. The first-order valence-corrected chi connectivity index (χ1v) is 6.77. The molecule has 108 valence electrons. The van der Waals surface area contributed by atoms with Crippen molar-refractivity contribution in [2.24, 2.45) is 0 Å². The summed E-state index contributed by atoms with van der Waals surface area (Å²) in [7, 11) is 3.09. The smallest absolute Gasteiger partial charge is 0.321 e. The molecule has 2 heterocycles. The van der Waals surface area contributed by atoms with E-state index in [1.807, 2.05) is 18.2 Å². The predicted octanol–water partition coefficient (Wildman–Crippen LogP) is 1.50. The number of nitrogen functional groups attached to an aromatic ring is 1. The Balaban J connectivity index is 1.92. The topological polar surface area (TPSA) is 112 Å². The van der Waals surface area contributed by atoms with E-state index in [4.69, 9.17) is 15.2 Å². The Labute approximate surface area is 124 Å². The third-order valence-electron chi connectivity index (χ3n) is 2.65. The molecule has 0 saturated heterocycles. The molecule has 0 fully saturated rings. The van der Waals surface area contributed by atoms with Crippen molar-refractivity contribution in [2.75, 3.05) is 20.0 Å². The average Bonchev–Trinajstić information content (AvgIpc) is 2.87. The number of nitrogens with one attached hydrogen (secondary N) is 1. The Kier molecular flexibility index (Phi) is 3.48. The number of nitrogens with two attached hydrogens (primary N) is 1. The van der Waals surface area contributed by atoms with Crippen LogP contribution in [0, 0.1) is 0 Å². The third-order valence-corrected chi connectivity index (χ3v) is 3.40. The van der Waals surface area contributed by atoms with Crippen molar-refractivity contribution in [3.63, 3.8) is 0 Å². The van der Waals surface area contributed by atoms with E-state index in [1.54, 1.807) is 7.11 Å². The van der Waals surface area contributed by atoms with Crippen molar-refractivity contribution in [3.05, 3.63) is 18.2 Å². The molecule has 0 atom stereocenters. The summed E-state index contributed by atoms with van der Waals surface area (Å²) in [6.07, 6.45) is 0. The molecule has 0 spiro atoms. The van der Waals surface area contributed by atoms with Crippen molar-refractivity contribution in [2.45, 2.75) is 10.3 Å². The zero-order valence-electron chi connectivity index (χ0n) is 11.3. The number of nitrogens with zero attached hydrogens (tertiary/aromatic N) is 4. The van der Waals surface area contributed by atoms with Gasteiger partial charge in [-0.3, -0.25) is 0 Å². The number of hydrogen-bond donors (Lipinski definition) is 2. The number of aromatic amines is 1. The van der Waals surface area contributed by atoms with Gasteiger partial charge in [0.2, 0.25) is 11.1 Å². The fraction of sp³-hybridized carbons (Fsp3) is 0.167. The Morgan fingerprint density at radius 1 is 1.10 bits per heavy atom. The lowest BCUT2D eigenvalue weighted by Gasteiger charge is -2.01. The molecule has 0 amide bonds. The number of ether oxygens (including phenoxy) is 2. The van der Waals surface area contributed by atoms with Crippen LogP contribution in [0.1, 0.15) is 0 Å². The third kappa shape index (κ3) is 2.82. The molecule has 21 heavy (non-hydrogen) atoms. The van der Waals surface area contributed by atoms with Crippen molar-refractivity contribution in [1.29, 1.82) is 0 Å². The number of benzene rings is 1. The summed E-state index contributed by atoms with van der Waals surface area (Å²) < 4.78 is 10.1. The van der Waals surface area contributed by atoms with E-state index in [9.17, 15) is 0 Å². The van der Waals surface area contributed by atoms with E-state index >= 15 is 0 Å². The van der Waals surface area contributed by atoms with Crippen LogP contribution < -0.4 is 15.2 Å². The molecule has 2 aromatic heterocycles. The highest BCUT2D eigenvalue weighted by Crippen LogP contribution is 2.27. The number of anilines is 1. The Morgan fingerprint density at radius 2 is 1.95 bits per heavy atom. The fourth-order valence-electron chi connectivity index (χ4n) is 1.72. The van der Waals surface area contributed by atoms with Crippen molar-refractivity contribution in [1.82, 2.24) is 24.9 Å². The van der Waals surface area contributed by atoms with E-state index < -0.39 is 0 Å². The van der Waals surface area contributed by atoms with Gasteiger partial charge in [0.05, 0.1) is 25.3 Å². The number of H-pyrrole nitrogens is 1. The minimum Gasteiger partial charge on any atom is -0.497 e.